The maximum atomic E-state index is 5.63. The van der Waals surface area contributed by atoms with Gasteiger partial charge in [-0.1, -0.05) is 29.8 Å². The lowest BCUT2D eigenvalue weighted by Gasteiger charge is -1.93. The lowest BCUT2D eigenvalue weighted by Crippen LogP contribution is -1.91. The number of aromatic nitrogens is 3. The Kier molecular flexibility index (Phi) is 2.19. The molecule has 1 aromatic heterocycles. The van der Waals surface area contributed by atoms with Gasteiger partial charge in [0.15, 0.2) is 5.15 Å². The van der Waals surface area contributed by atoms with Gasteiger partial charge in [0.1, 0.15) is 10.7 Å². The summed E-state index contributed by atoms with van der Waals surface area (Å²) in [5, 5.41) is 10.7. The summed E-state index contributed by atoms with van der Waals surface area (Å²) in [6, 6.07) is 0. The van der Waals surface area contributed by atoms with E-state index >= 15 is 0 Å². The van der Waals surface area contributed by atoms with Crippen molar-refractivity contribution in [1.29, 1.82) is 0 Å². The monoisotopic (exact) mass is 175 g/mol. The Morgan fingerprint density at radius 1 is 1.30 bits per heavy atom. The number of hydrogen-bond donors (Lipinski definition) is 0. The van der Waals surface area contributed by atoms with E-state index in [1.54, 1.807) is 0 Å². The van der Waals surface area contributed by atoms with Gasteiger partial charge in [0.2, 0.25) is 0 Å². The van der Waals surface area contributed by atoms with Crippen LogP contribution in [0.1, 0.15) is 5.69 Å². The first kappa shape index (κ1) is 7.44. The van der Waals surface area contributed by atoms with Gasteiger partial charge in [-0.25, -0.2) is 0 Å². The van der Waals surface area contributed by atoms with Crippen LogP contribution in [0.25, 0.3) is 6.08 Å². The molecule has 0 radical (unpaired) electrons. The number of hydrogen-bond acceptors (Lipinski definition) is 3. The molecule has 0 saturated heterocycles. The molecular weight excluding hydrogens is 173 g/mol. The standard InChI is InChI=1S/C5H3Cl2N3/c1-2-3-4(6)5(7)9-10-8-3/h2H,1H2. The minimum atomic E-state index is 0.145. The maximum absolute atomic E-state index is 5.63. The molecule has 0 aliphatic heterocycles. The molecule has 3 nitrogen and oxygen atoms in total. The SMILES string of the molecule is C=Cc1nnnc(Cl)c1Cl. The molecule has 0 fully saturated rings. The Hall–Kier alpha value is -0.670. The molecule has 10 heavy (non-hydrogen) atoms. The predicted octanol–water partition coefficient (Wildman–Crippen LogP) is 1.82. The Bertz CT molecular complexity index is 261. The minimum Gasteiger partial charge on any atom is -0.129 e. The highest BCUT2D eigenvalue weighted by Crippen LogP contribution is 2.20. The predicted molar refractivity (Wildman–Crippen MR) is 39.9 cm³/mol. The summed E-state index contributed by atoms with van der Waals surface area (Å²) < 4.78 is 0. The lowest BCUT2D eigenvalue weighted by molar-refractivity contribution is 0.858. The second kappa shape index (κ2) is 2.94. The Morgan fingerprint density at radius 3 is 2.50 bits per heavy atom. The largest absolute Gasteiger partial charge is 0.174 e. The van der Waals surface area contributed by atoms with Crippen LogP contribution in [0.3, 0.4) is 0 Å². The highest BCUT2D eigenvalue weighted by molar-refractivity contribution is 6.41. The Labute approximate surface area is 67.7 Å². The van der Waals surface area contributed by atoms with Crippen molar-refractivity contribution in [3.63, 3.8) is 0 Å². The van der Waals surface area contributed by atoms with E-state index in [-0.39, 0.29) is 10.2 Å². The van der Waals surface area contributed by atoms with E-state index in [0.29, 0.717) is 5.69 Å². The highest BCUT2D eigenvalue weighted by atomic mass is 35.5. The average molecular weight is 176 g/mol. The second-order valence-corrected chi connectivity index (χ2v) is 2.22. The first-order valence-electron chi connectivity index (χ1n) is 2.42. The van der Waals surface area contributed by atoms with Crippen molar-refractivity contribution in [1.82, 2.24) is 15.4 Å². The first-order chi connectivity index (χ1) is 4.75. The van der Waals surface area contributed by atoms with Crippen LogP contribution in [-0.4, -0.2) is 15.4 Å². The molecule has 0 N–H and O–H groups in total. The molecule has 0 aromatic carbocycles. The molecule has 0 unspecified atom stereocenters. The fourth-order valence-corrected chi connectivity index (χ4v) is 0.717. The van der Waals surface area contributed by atoms with Crippen LogP contribution in [0, 0.1) is 0 Å². The van der Waals surface area contributed by atoms with Gasteiger partial charge in [0, 0.05) is 0 Å². The quantitative estimate of drug-likeness (QED) is 0.654. The summed E-state index contributed by atoms with van der Waals surface area (Å²) in [6.45, 7) is 3.46. The van der Waals surface area contributed by atoms with Crippen molar-refractivity contribution in [2.75, 3.05) is 0 Å². The topological polar surface area (TPSA) is 38.7 Å². The van der Waals surface area contributed by atoms with Crippen molar-refractivity contribution in [2.45, 2.75) is 0 Å². The molecule has 0 atom stereocenters. The summed E-state index contributed by atoms with van der Waals surface area (Å²) in [4.78, 5) is 0. The van der Waals surface area contributed by atoms with Crippen LogP contribution in [0.4, 0.5) is 0 Å². The second-order valence-electron chi connectivity index (χ2n) is 1.48. The number of nitrogens with zero attached hydrogens (tertiary/aromatic N) is 3. The molecule has 52 valence electrons. The fourth-order valence-electron chi connectivity index (χ4n) is 0.434. The van der Waals surface area contributed by atoms with Gasteiger partial charge < -0.3 is 0 Å². The van der Waals surface area contributed by atoms with Crippen molar-refractivity contribution in [2.24, 2.45) is 0 Å². The van der Waals surface area contributed by atoms with Gasteiger partial charge in [0.05, 0.1) is 0 Å². The lowest BCUT2D eigenvalue weighted by atomic mass is 10.4. The molecular formula is C5H3Cl2N3. The zero-order valence-electron chi connectivity index (χ0n) is 4.88. The van der Waals surface area contributed by atoms with Crippen LogP contribution in [0.2, 0.25) is 10.2 Å². The van der Waals surface area contributed by atoms with E-state index < -0.39 is 0 Å². The van der Waals surface area contributed by atoms with Crippen LogP contribution in [-0.2, 0) is 0 Å². The van der Waals surface area contributed by atoms with Crippen LogP contribution in [0.15, 0.2) is 6.58 Å². The Balaban J connectivity index is 3.27. The third-order valence-electron chi connectivity index (χ3n) is 0.884. The molecule has 1 aromatic rings. The average Bonchev–Trinajstić information content (AvgIpc) is 1.95. The summed E-state index contributed by atoms with van der Waals surface area (Å²) in [7, 11) is 0. The van der Waals surface area contributed by atoms with Crippen molar-refractivity contribution in [3.05, 3.63) is 22.4 Å². The van der Waals surface area contributed by atoms with Crippen LogP contribution < -0.4 is 0 Å². The molecule has 0 saturated carbocycles. The molecule has 0 bridgehead atoms. The van der Waals surface area contributed by atoms with E-state index in [1.807, 2.05) is 0 Å². The van der Waals surface area contributed by atoms with Crippen LogP contribution in [0.5, 0.6) is 0 Å². The molecule has 1 rings (SSSR count). The van der Waals surface area contributed by atoms with Gasteiger partial charge in [-0.3, -0.25) is 0 Å². The van der Waals surface area contributed by atoms with Gasteiger partial charge in [-0.15, -0.1) is 10.2 Å². The van der Waals surface area contributed by atoms with E-state index in [9.17, 15) is 0 Å². The smallest absolute Gasteiger partial charge is 0.129 e. The van der Waals surface area contributed by atoms with Gasteiger partial charge >= 0.3 is 0 Å². The van der Waals surface area contributed by atoms with Crippen molar-refractivity contribution >= 4 is 29.3 Å². The molecule has 1 heterocycles. The zero-order chi connectivity index (χ0) is 7.56. The molecule has 0 aliphatic rings. The zero-order valence-corrected chi connectivity index (χ0v) is 6.39. The summed E-state index contributed by atoms with van der Waals surface area (Å²) >= 11 is 11.1. The maximum Gasteiger partial charge on any atom is 0.174 e. The third-order valence-corrected chi connectivity index (χ3v) is 1.62. The molecule has 5 heteroatoms. The molecule has 0 amide bonds. The van der Waals surface area contributed by atoms with Gasteiger partial charge in [-0.05, 0) is 11.3 Å². The van der Waals surface area contributed by atoms with E-state index in [2.05, 4.69) is 22.0 Å². The van der Waals surface area contributed by atoms with E-state index in [4.69, 9.17) is 23.2 Å². The molecule has 0 aliphatic carbocycles. The first-order valence-corrected chi connectivity index (χ1v) is 3.18. The number of halogens is 2. The summed E-state index contributed by atoms with van der Waals surface area (Å²) in [6.07, 6.45) is 1.46. The summed E-state index contributed by atoms with van der Waals surface area (Å²) in [5.41, 5.74) is 0.446. The van der Waals surface area contributed by atoms with E-state index in [0.717, 1.165) is 0 Å². The minimum absolute atomic E-state index is 0.145. The van der Waals surface area contributed by atoms with E-state index in [1.165, 1.54) is 6.08 Å². The fraction of sp³-hybridized carbons (Fsp3) is 0. The van der Waals surface area contributed by atoms with Crippen molar-refractivity contribution in [3.8, 4) is 0 Å². The highest BCUT2D eigenvalue weighted by Gasteiger charge is 2.03. The molecule has 0 spiro atoms. The Morgan fingerprint density at radius 2 is 2.00 bits per heavy atom. The van der Waals surface area contributed by atoms with Crippen LogP contribution >= 0.6 is 23.2 Å². The van der Waals surface area contributed by atoms with Gasteiger partial charge in [0.25, 0.3) is 0 Å². The third kappa shape index (κ3) is 1.25. The number of rotatable bonds is 1. The van der Waals surface area contributed by atoms with Crippen molar-refractivity contribution < 1.29 is 0 Å². The summed E-state index contributed by atoms with van der Waals surface area (Å²) in [5.74, 6) is 0. The normalized spacial score (nSPS) is 9.40. The van der Waals surface area contributed by atoms with Gasteiger partial charge in [-0.2, -0.15) is 0 Å².